The van der Waals surface area contributed by atoms with Gasteiger partial charge in [0.2, 0.25) is 0 Å². The van der Waals surface area contributed by atoms with Crippen molar-refractivity contribution in [1.82, 2.24) is 10.2 Å². The lowest BCUT2D eigenvalue weighted by Gasteiger charge is -2.29. The first kappa shape index (κ1) is 14.3. The number of piperidine rings is 1. The van der Waals surface area contributed by atoms with E-state index in [0.717, 1.165) is 37.9 Å². The summed E-state index contributed by atoms with van der Waals surface area (Å²) in [5.41, 5.74) is 0. The van der Waals surface area contributed by atoms with E-state index in [-0.39, 0.29) is 6.10 Å². The van der Waals surface area contributed by atoms with E-state index in [1.54, 1.807) is 0 Å². The SMILES string of the molecule is CCCC(NCCCN1CCC(O)CC1)C1CC1. The summed E-state index contributed by atoms with van der Waals surface area (Å²) in [6.07, 6.45) is 8.69. The molecule has 0 amide bonds. The molecule has 3 nitrogen and oxygen atoms in total. The molecule has 3 heteroatoms. The van der Waals surface area contributed by atoms with Crippen molar-refractivity contribution >= 4 is 0 Å². The largest absolute Gasteiger partial charge is 0.393 e. The monoisotopic (exact) mass is 254 g/mol. The van der Waals surface area contributed by atoms with Crippen LogP contribution in [0.1, 0.15) is 51.9 Å². The van der Waals surface area contributed by atoms with Crippen molar-refractivity contribution < 1.29 is 5.11 Å². The maximum absolute atomic E-state index is 9.46. The Kier molecular flexibility index (Phi) is 5.93. The second kappa shape index (κ2) is 7.46. The van der Waals surface area contributed by atoms with Crippen LogP contribution in [0.25, 0.3) is 0 Å². The number of rotatable bonds is 8. The van der Waals surface area contributed by atoms with E-state index in [0.29, 0.717) is 0 Å². The molecule has 1 heterocycles. The molecule has 2 rings (SSSR count). The number of aliphatic hydroxyl groups excluding tert-OH is 1. The van der Waals surface area contributed by atoms with E-state index in [1.165, 1.54) is 45.2 Å². The summed E-state index contributed by atoms with van der Waals surface area (Å²) in [6.45, 7) is 6.82. The van der Waals surface area contributed by atoms with Crippen LogP contribution < -0.4 is 5.32 Å². The summed E-state index contributed by atoms with van der Waals surface area (Å²) in [4.78, 5) is 2.50. The predicted octanol–water partition coefficient (Wildman–Crippen LogP) is 2.00. The maximum atomic E-state index is 9.46. The molecule has 106 valence electrons. The van der Waals surface area contributed by atoms with Crippen LogP contribution >= 0.6 is 0 Å². The molecule has 18 heavy (non-hydrogen) atoms. The van der Waals surface area contributed by atoms with Gasteiger partial charge in [0.05, 0.1) is 6.10 Å². The van der Waals surface area contributed by atoms with E-state index < -0.39 is 0 Å². The van der Waals surface area contributed by atoms with Gasteiger partial charge in [-0.25, -0.2) is 0 Å². The summed E-state index contributed by atoms with van der Waals surface area (Å²) in [5, 5.41) is 13.2. The molecular formula is C15H30N2O. The van der Waals surface area contributed by atoms with Gasteiger partial charge in [-0.05, 0) is 57.5 Å². The quantitative estimate of drug-likeness (QED) is 0.650. The van der Waals surface area contributed by atoms with Crippen LogP contribution in [0.2, 0.25) is 0 Å². The molecule has 1 aliphatic carbocycles. The van der Waals surface area contributed by atoms with Gasteiger partial charge in [-0.15, -0.1) is 0 Å². The zero-order chi connectivity index (χ0) is 12.8. The average molecular weight is 254 g/mol. The molecule has 1 unspecified atom stereocenters. The topological polar surface area (TPSA) is 35.5 Å². The molecule has 0 spiro atoms. The van der Waals surface area contributed by atoms with E-state index in [9.17, 15) is 5.11 Å². The van der Waals surface area contributed by atoms with Crippen LogP contribution in [0.3, 0.4) is 0 Å². The molecule has 0 aromatic rings. The number of hydrogen-bond donors (Lipinski definition) is 2. The van der Waals surface area contributed by atoms with Gasteiger partial charge in [0.25, 0.3) is 0 Å². The Balaban J connectivity index is 1.52. The van der Waals surface area contributed by atoms with Gasteiger partial charge < -0.3 is 15.3 Å². The van der Waals surface area contributed by atoms with Crippen LogP contribution in [0.5, 0.6) is 0 Å². The number of nitrogens with one attached hydrogen (secondary N) is 1. The lowest BCUT2D eigenvalue weighted by molar-refractivity contribution is 0.0820. The Hall–Kier alpha value is -0.120. The van der Waals surface area contributed by atoms with Crippen molar-refractivity contribution in [3.05, 3.63) is 0 Å². The minimum Gasteiger partial charge on any atom is -0.393 e. The van der Waals surface area contributed by atoms with Crippen LogP contribution in [0.15, 0.2) is 0 Å². The summed E-state index contributed by atoms with van der Waals surface area (Å²) in [5.74, 6) is 0.982. The summed E-state index contributed by atoms with van der Waals surface area (Å²) in [6, 6.07) is 0.790. The van der Waals surface area contributed by atoms with Gasteiger partial charge >= 0.3 is 0 Å². The second-order valence-electron chi connectivity index (χ2n) is 6.11. The van der Waals surface area contributed by atoms with Crippen LogP contribution in [0, 0.1) is 5.92 Å². The van der Waals surface area contributed by atoms with Crippen LogP contribution in [0.4, 0.5) is 0 Å². The molecule has 0 bridgehead atoms. The number of likely N-dealkylation sites (tertiary alicyclic amines) is 1. The molecule has 1 saturated carbocycles. The molecule has 0 aromatic carbocycles. The average Bonchev–Trinajstić information content (AvgIpc) is 3.19. The second-order valence-corrected chi connectivity index (χ2v) is 6.11. The van der Waals surface area contributed by atoms with Gasteiger partial charge in [0.1, 0.15) is 0 Å². The summed E-state index contributed by atoms with van der Waals surface area (Å²) in [7, 11) is 0. The molecule has 2 aliphatic rings. The molecule has 1 aliphatic heterocycles. The third-order valence-electron chi connectivity index (χ3n) is 4.41. The minimum absolute atomic E-state index is 0.0387. The number of nitrogens with zero attached hydrogens (tertiary/aromatic N) is 1. The van der Waals surface area contributed by atoms with Gasteiger partial charge in [-0.3, -0.25) is 0 Å². The third-order valence-corrected chi connectivity index (χ3v) is 4.41. The number of hydrogen-bond acceptors (Lipinski definition) is 3. The highest BCUT2D eigenvalue weighted by Gasteiger charge is 2.29. The first-order valence-electron chi connectivity index (χ1n) is 7.93. The van der Waals surface area contributed by atoms with Crippen molar-refractivity contribution in [2.45, 2.75) is 64.0 Å². The fourth-order valence-corrected chi connectivity index (χ4v) is 3.05. The zero-order valence-electron chi connectivity index (χ0n) is 11.9. The highest BCUT2D eigenvalue weighted by Crippen LogP contribution is 2.34. The number of aliphatic hydroxyl groups is 1. The van der Waals surface area contributed by atoms with E-state index in [1.807, 2.05) is 0 Å². The van der Waals surface area contributed by atoms with Crippen LogP contribution in [-0.2, 0) is 0 Å². The van der Waals surface area contributed by atoms with Crippen molar-refractivity contribution in [2.24, 2.45) is 5.92 Å². The lowest BCUT2D eigenvalue weighted by Crippen LogP contribution is -2.38. The molecule has 2 fully saturated rings. The Morgan fingerprint density at radius 2 is 1.94 bits per heavy atom. The van der Waals surface area contributed by atoms with Crippen molar-refractivity contribution in [3.63, 3.8) is 0 Å². The minimum atomic E-state index is -0.0387. The van der Waals surface area contributed by atoms with E-state index >= 15 is 0 Å². The van der Waals surface area contributed by atoms with E-state index in [4.69, 9.17) is 0 Å². The Bertz CT molecular complexity index is 223. The summed E-state index contributed by atoms with van der Waals surface area (Å²) >= 11 is 0. The first-order chi connectivity index (χ1) is 8.79. The van der Waals surface area contributed by atoms with Crippen LogP contribution in [-0.4, -0.2) is 48.3 Å². The Morgan fingerprint density at radius 1 is 1.22 bits per heavy atom. The molecule has 0 radical (unpaired) electrons. The van der Waals surface area contributed by atoms with Crippen molar-refractivity contribution in [2.75, 3.05) is 26.2 Å². The van der Waals surface area contributed by atoms with E-state index in [2.05, 4.69) is 17.1 Å². The van der Waals surface area contributed by atoms with Crippen molar-refractivity contribution in [3.8, 4) is 0 Å². The molecule has 2 N–H and O–H groups in total. The Labute approximate surface area is 112 Å². The Morgan fingerprint density at radius 3 is 2.56 bits per heavy atom. The fraction of sp³-hybridized carbons (Fsp3) is 1.00. The predicted molar refractivity (Wildman–Crippen MR) is 75.7 cm³/mol. The summed E-state index contributed by atoms with van der Waals surface area (Å²) < 4.78 is 0. The molecule has 1 saturated heterocycles. The van der Waals surface area contributed by atoms with Gasteiger partial charge in [-0.2, -0.15) is 0 Å². The fourth-order valence-electron chi connectivity index (χ4n) is 3.05. The molecule has 0 aromatic heterocycles. The molecule has 1 atom stereocenters. The standard InChI is InChI=1S/C15H30N2O/c1-2-4-15(13-5-6-13)16-9-3-10-17-11-7-14(18)8-12-17/h13-16,18H,2-12H2,1H3. The molecular weight excluding hydrogens is 224 g/mol. The van der Waals surface area contributed by atoms with Gasteiger partial charge in [0, 0.05) is 19.1 Å². The zero-order valence-corrected chi connectivity index (χ0v) is 11.9. The lowest BCUT2D eigenvalue weighted by atomic mass is 10.1. The third kappa shape index (κ3) is 4.87. The smallest absolute Gasteiger partial charge is 0.0564 e. The van der Waals surface area contributed by atoms with Gasteiger partial charge in [0.15, 0.2) is 0 Å². The highest BCUT2D eigenvalue weighted by atomic mass is 16.3. The highest BCUT2D eigenvalue weighted by molar-refractivity contribution is 4.86. The van der Waals surface area contributed by atoms with Gasteiger partial charge in [-0.1, -0.05) is 13.3 Å². The maximum Gasteiger partial charge on any atom is 0.0564 e. The first-order valence-corrected chi connectivity index (χ1v) is 7.93. The van der Waals surface area contributed by atoms with Crippen molar-refractivity contribution in [1.29, 1.82) is 0 Å². The normalized spacial score (nSPS) is 24.3.